The van der Waals surface area contributed by atoms with Crippen LogP contribution in [-0.4, -0.2) is 5.11 Å². The predicted molar refractivity (Wildman–Crippen MR) is 97.4 cm³/mol. The molecule has 0 fully saturated rings. The highest BCUT2D eigenvalue weighted by Gasteiger charge is 2.20. The number of thiophene rings is 1. The molecule has 1 atom stereocenters. The first-order valence-corrected chi connectivity index (χ1v) is 8.77. The lowest BCUT2D eigenvalue weighted by Gasteiger charge is -2.13. The molecule has 0 saturated heterocycles. The van der Waals surface area contributed by atoms with Crippen LogP contribution in [0.4, 0.5) is 0 Å². The van der Waals surface area contributed by atoms with Gasteiger partial charge in [-0.1, -0.05) is 54.6 Å². The van der Waals surface area contributed by atoms with E-state index in [2.05, 4.69) is 54.0 Å². The van der Waals surface area contributed by atoms with E-state index in [1.807, 2.05) is 30.3 Å². The number of rotatable bonds is 3. The fraction of sp³-hybridized carbons (Fsp3) is 0.158. The molecule has 0 radical (unpaired) electrons. The smallest absolute Gasteiger partial charge is 0.106 e. The van der Waals surface area contributed by atoms with Crippen LogP contribution < -0.4 is 0 Å². The number of hydrogen-bond acceptors (Lipinski definition) is 2. The third-order valence-corrected chi connectivity index (χ3v) is 6.16. The van der Waals surface area contributed by atoms with Crippen LogP contribution in [0.3, 0.4) is 0 Å². The largest absolute Gasteiger partial charge is 0.384 e. The van der Waals surface area contributed by atoms with Gasteiger partial charge in [-0.25, -0.2) is 0 Å². The molecule has 0 spiro atoms. The van der Waals surface area contributed by atoms with Crippen molar-refractivity contribution in [3.63, 3.8) is 0 Å². The van der Waals surface area contributed by atoms with Crippen molar-refractivity contribution in [2.75, 3.05) is 0 Å². The van der Waals surface area contributed by atoms with E-state index >= 15 is 0 Å². The van der Waals surface area contributed by atoms with Crippen LogP contribution in [-0.2, 0) is 0 Å². The van der Waals surface area contributed by atoms with Crippen LogP contribution in [0.2, 0.25) is 0 Å². The van der Waals surface area contributed by atoms with Crippen molar-refractivity contribution in [3.8, 4) is 11.1 Å². The number of halogens is 1. The molecule has 0 aliphatic rings. The second-order valence-electron chi connectivity index (χ2n) is 5.33. The van der Waals surface area contributed by atoms with Crippen molar-refractivity contribution in [2.24, 2.45) is 0 Å². The van der Waals surface area contributed by atoms with E-state index in [9.17, 15) is 5.11 Å². The maximum absolute atomic E-state index is 10.7. The van der Waals surface area contributed by atoms with Gasteiger partial charge >= 0.3 is 0 Å². The van der Waals surface area contributed by atoms with E-state index < -0.39 is 6.10 Å². The van der Waals surface area contributed by atoms with E-state index in [0.717, 1.165) is 26.0 Å². The normalized spacial score (nSPS) is 12.4. The van der Waals surface area contributed by atoms with Crippen LogP contribution in [0.1, 0.15) is 27.0 Å². The summed E-state index contributed by atoms with van der Waals surface area (Å²) < 4.78 is 1.02. The summed E-state index contributed by atoms with van der Waals surface area (Å²) in [5.41, 5.74) is 4.25. The van der Waals surface area contributed by atoms with Crippen molar-refractivity contribution in [1.82, 2.24) is 0 Å². The lowest BCUT2D eigenvalue weighted by atomic mass is 9.98. The third kappa shape index (κ3) is 2.89. The van der Waals surface area contributed by atoms with Gasteiger partial charge in [0.1, 0.15) is 6.10 Å². The Morgan fingerprint density at radius 3 is 2.00 bits per heavy atom. The molecule has 1 heterocycles. The minimum Gasteiger partial charge on any atom is -0.384 e. The molecule has 3 heteroatoms. The number of aliphatic hydroxyl groups is 1. The first-order chi connectivity index (χ1) is 10.6. The SMILES string of the molecule is Cc1sc(C)c(C(O)c2ccc(-c3ccccc3)cc2)c1Br. The maximum Gasteiger partial charge on any atom is 0.106 e. The Morgan fingerprint density at radius 2 is 1.45 bits per heavy atom. The number of hydrogen-bond donors (Lipinski definition) is 1. The van der Waals surface area contributed by atoms with E-state index in [1.165, 1.54) is 10.4 Å². The summed E-state index contributed by atoms with van der Waals surface area (Å²) >= 11 is 5.31. The monoisotopic (exact) mass is 372 g/mol. The molecule has 1 N–H and O–H groups in total. The molecular weight excluding hydrogens is 356 g/mol. The Labute approximate surface area is 143 Å². The molecule has 112 valence electrons. The Bertz CT molecular complexity index is 775. The molecule has 1 nitrogen and oxygen atoms in total. The standard InChI is InChI=1S/C19H17BrOS/c1-12-17(18(20)13(2)22-12)19(21)16-10-8-15(9-11-16)14-6-4-3-5-7-14/h3-11,19,21H,1-2H3. The zero-order valence-corrected chi connectivity index (χ0v) is 14.9. The molecule has 0 amide bonds. The molecule has 0 aliphatic carbocycles. The lowest BCUT2D eigenvalue weighted by molar-refractivity contribution is 0.219. The first-order valence-electron chi connectivity index (χ1n) is 7.16. The summed E-state index contributed by atoms with van der Waals surface area (Å²) in [5.74, 6) is 0. The molecule has 2 aromatic carbocycles. The molecule has 0 saturated carbocycles. The van der Waals surface area contributed by atoms with Crippen LogP contribution in [0, 0.1) is 13.8 Å². The highest BCUT2D eigenvalue weighted by molar-refractivity contribution is 9.10. The molecule has 22 heavy (non-hydrogen) atoms. The van der Waals surface area contributed by atoms with E-state index in [0.29, 0.717) is 0 Å². The molecule has 3 rings (SSSR count). The summed E-state index contributed by atoms with van der Waals surface area (Å²) in [6.45, 7) is 4.12. The number of benzene rings is 2. The third-order valence-electron chi connectivity index (χ3n) is 3.84. The zero-order chi connectivity index (χ0) is 15.7. The predicted octanol–water partition coefficient (Wildman–Crippen LogP) is 5.88. The summed E-state index contributed by atoms with van der Waals surface area (Å²) in [7, 11) is 0. The number of aryl methyl sites for hydroxylation is 2. The molecule has 1 unspecified atom stereocenters. The quantitative estimate of drug-likeness (QED) is 0.608. The van der Waals surface area contributed by atoms with Gasteiger partial charge in [0.15, 0.2) is 0 Å². The Hall–Kier alpha value is -1.42. The second kappa shape index (κ2) is 6.37. The van der Waals surface area contributed by atoms with Crippen molar-refractivity contribution >= 4 is 27.3 Å². The van der Waals surface area contributed by atoms with Gasteiger partial charge in [-0.05, 0) is 46.5 Å². The zero-order valence-electron chi connectivity index (χ0n) is 12.5. The average molecular weight is 373 g/mol. The maximum atomic E-state index is 10.7. The van der Waals surface area contributed by atoms with Crippen LogP contribution in [0.25, 0.3) is 11.1 Å². The minimum absolute atomic E-state index is 0.593. The van der Waals surface area contributed by atoms with Gasteiger partial charge in [-0.15, -0.1) is 11.3 Å². The lowest BCUT2D eigenvalue weighted by Crippen LogP contribution is -2.00. The highest BCUT2D eigenvalue weighted by atomic mass is 79.9. The Morgan fingerprint density at radius 1 is 0.864 bits per heavy atom. The van der Waals surface area contributed by atoms with Gasteiger partial charge in [-0.2, -0.15) is 0 Å². The van der Waals surface area contributed by atoms with E-state index in [-0.39, 0.29) is 0 Å². The van der Waals surface area contributed by atoms with Crippen molar-refractivity contribution in [3.05, 3.63) is 80.0 Å². The van der Waals surface area contributed by atoms with Crippen molar-refractivity contribution in [2.45, 2.75) is 20.0 Å². The summed E-state index contributed by atoms with van der Waals surface area (Å²) in [6.07, 6.45) is -0.593. The molecule has 1 aromatic heterocycles. The average Bonchev–Trinajstić information content (AvgIpc) is 2.80. The number of aliphatic hydroxyl groups excluding tert-OH is 1. The summed E-state index contributed by atoms with van der Waals surface area (Å²) in [5, 5.41) is 10.7. The van der Waals surface area contributed by atoms with Crippen molar-refractivity contribution in [1.29, 1.82) is 0 Å². The second-order valence-corrected chi connectivity index (χ2v) is 7.55. The Kier molecular flexibility index (Phi) is 4.48. The van der Waals surface area contributed by atoms with Gasteiger partial charge in [-0.3, -0.25) is 0 Å². The van der Waals surface area contributed by atoms with Crippen LogP contribution in [0.5, 0.6) is 0 Å². The van der Waals surface area contributed by atoms with E-state index in [4.69, 9.17) is 0 Å². The Balaban J connectivity index is 1.93. The van der Waals surface area contributed by atoms with Crippen molar-refractivity contribution < 1.29 is 5.11 Å². The fourth-order valence-electron chi connectivity index (χ4n) is 2.64. The van der Waals surface area contributed by atoms with Gasteiger partial charge in [0, 0.05) is 19.8 Å². The van der Waals surface area contributed by atoms with E-state index in [1.54, 1.807) is 11.3 Å². The molecule has 0 bridgehead atoms. The minimum atomic E-state index is -0.593. The molecule has 0 aliphatic heterocycles. The topological polar surface area (TPSA) is 20.2 Å². The summed E-state index contributed by atoms with van der Waals surface area (Å²) in [4.78, 5) is 2.36. The highest BCUT2D eigenvalue weighted by Crippen LogP contribution is 2.39. The van der Waals surface area contributed by atoms with Gasteiger partial charge in [0.05, 0.1) is 0 Å². The summed E-state index contributed by atoms with van der Waals surface area (Å²) in [6, 6.07) is 18.4. The van der Waals surface area contributed by atoms with Gasteiger partial charge in [0.2, 0.25) is 0 Å². The van der Waals surface area contributed by atoms with Crippen LogP contribution in [0.15, 0.2) is 59.1 Å². The molecular formula is C19H17BrOS. The van der Waals surface area contributed by atoms with Gasteiger partial charge < -0.3 is 5.11 Å². The van der Waals surface area contributed by atoms with Crippen LogP contribution >= 0.6 is 27.3 Å². The fourth-order valence-corrected chi connectivity index (χ4v) is 4.51. The first kappa shape index (κ1) is 15.5. The molecule has 3 aromatic rings. The van der Waals surface area contributed by atoms with Gasteiger partial charge in [0.25, 0.3) is 0 Å².